The maximum atomic E-state index is 12.5. The molecule has 0 aliphatic rings. The number of carbonyl (C=O) groups is 2. The molecule has 2 heterocycles. The van der Waals surface area contributed by atoms with Crippen LogP contribution in [0.3, 0.4) is 0 Å². The van der Waals surface area contributed by atoms with Crippen molar-refractivity contribution in [3.63, 3.8) is 0 Å². The molecule has 0 bridgehead atoms. The summed E-state index contributed by atoms with van der Waals surface area (Å²) in [5, 5.41) is 16.9. The maximum Gasteiger partial charge on any atom is 0.305 e. The van der Waals surface area contributed by atoms with Crippen LogP contribution < -0.4 is 10.6 Å². The second-order valence-corrected chi connectivity index (χ2v) is 6.36. The van der Waals surface area contributed by atoms with Crippen molar-refractivity contribution in [1.29, 1.82) is 0 Å². The highest BCUT2D eigenvalue weighted by atomic mass is 32.1. The summed E-state index contributed by atoms with van der Waals surface area (Å²) < 4.78 is 5.19. The van der Waals surface area contributed by atoms with Crippen LogP contribution in [0.15, 0.2) is 58.5 Å². The van der Waals surface area contributed by atoms with E-state index >= 15 is 0 Å². The molecule has 26 heavy (non-hydrogen) atoms. The molecule has 1 atom stereocenters. The molecule has 134 valence electrons. The third kappa shape index (κ3) is 4.78. The molecule has 1 unspecified atom stereocenters. The van der Waals surface area contributed by atoms with Crippen molar-refractivity contribution in [2.75, 3.05) is 5.32 Å². The lowest BCUT2D eigenvalue weighted by Crippen LogP contribution is -2.41. The van der Waals surface area contributed by atoms with E-state index < -0.39 is 17.9 Å². The molecule has 8 heteroatoms. The van der Waals surface area contributed by atoms with E-state index in [0.717, 1.165) is 11.3 Å². The third-order valence-corrected chi connectivity index (χ3v) is 4.36. The quantitative estimate of drug-likeness (QED) is 0.562. The fourth-order valence-corrected chi connectivity index (χ4v) is 3.06. The molecular weight excluding hydrogens is 354 g/mol. The van der Waals surface area contributed by atoms with Gasteiger partial charge in [-0.1, -0.05) is 30.3 Å². The molecular formula is C18H17N3O4S. The summed E-state index contributed by atoms with van der Waals surface area (Å²) in [6.45, 7) is 0.255. The van der Waals surface area contributed by atoms with E-state index in [4.69, 9.17) is 9.52 Å². The van der Waals surface area contributed by atoms with Gasteiger partial charge in [0.05, 0.1) is 31.0 Å². The number of carbonyl (C=O) groups excluding carboxylic acids is 1. The van der Waals surface area contributed by atoms with E-state index in [1.54, 1.807) is 12.1 Å². The molecule has 7 nitrogen and oxygen atoms in total. The van der Waals surface area contributed by atoms with Gasteiger partial charge in [-0.05, 0) is 12.1 Å². The first kappa shape index (κ1) is 17.8. The number of amides is 1. The zero-order chi connectivity index (χ0) is 18.4. The van der Waals surface area contributed by atoms with Crippen LogP contribution in [0, 0.1) is 0 Å². The Balaban J connectivity index is 1.65. The van der Waals surface area contributed by atoms with Crippen LogP contribution in [0.1, 0.15) is 12.2 Å². The molecule has 0 aliphatic heterocycles. The molecule has 1 aromatic carbocycles. The third-order valence-electron chi connectivity index (χ3n) is 3.60. The van der Waals surface area contributed by atoms with Gasteiger partial charge in [-0.2, -0.15) is 0 Å². The summed E-state index contributed by atoms with van der Waals surface area (Å²) in [6.07, 6.45) is 1.17. The normalized spacial score (nSPS) is 11.8. The van der Waals surface area contributed by atoms with Gasteiger partial charge in [-0.25, -0.2) is 4.98 Å². The molecule has 2 aromatic heterocycles. The number of furan rings is 1. The number of hydrogen-bond acceptors (Lipinski definition) is 6. The van der Waals surface area contributed by atoms with Gasteiger partial charge in [-0.3, -0.25) is 14.9 Å². The summed E-state index contributed by atoms with van der Waals surface area (Å²) >= 11 is 1.29. The topological polar surface area (TPSA) is 104 Å². The number of anilines is 1. The summed E-state index contributed by atoms with van der Waals surface area (Å²) in [5.74, 6) is -0.900. The lowest BCUT2D eigenvalue weighted by Gasteiger charge is -2.15. The first-order valence-corrected chi connectivity index (χ1v) is 8.79. The Bertz CT molecular complexity index is 862. The summed E-state index contributed by atoms with van der Waals surface area (Å²) in [4.78, 5) is 27.9. The number of carboxylic acids is 1. The van der Waals surface area contributed by atoms with E-state index in [2.05, 4.69) is 15.6 Å². The molecule has 3 rings (SSSR count). The van der Waals surface area contributed by atoms with Gasteiger partial charge in [0.15, 0.2) is 5.13 Å². The number of thiazole rings is 1. The van der Waals surface area contributed by atoms with Crippen molar-refractivity contribution < 1.29 is 19.1 Å². The van der Waals surface area contributed by atoms with Crippen LogP contribution in [0.2, 0.25) is 0 Å². The Morgan fingerprint density at radius 3 is 2.69 bits per heavy atom. The maximum absolute atomic E-state index is 12.5. The molecule has 0 radical (unpaired) electrons. The van der Waals surface area contributed by atoms with Gasteiger partial charge in [0.1, 0.15) is 5.76 Å². The van der Waals surface area contributed by atoms with E-state index in [-0.39, 0.29) is 13.0 Å². The van der Waals surface area contributed by atoms with Gasteiger partial charge in [0.25, 0.3) is 0 Å². The summed E-state index contributed by atoms with van der Waals surface area (Å²) in [5.41, 5.74) is 1.70. The van der Waals surface area contributed by atoms with Crippen molar-refractivity contribution in [1.82, 2.24) is 10.3 Å². The number of aromatic nitrogens is 1. The number of nitrogens with zero attached hydrogens (tertiary/aromatic N) is 1. The second kappa shape index (κ2) is 8.41. The van der Waals surface area contributed by atoms with Gasteiger partial charge >= 0.3 is 5.97 Å². The van der Waals surface area contributed by atoms with E-state index in [0.29, 0.717) is 10.9 Å². The molecule has 0 spiro atoms. The predicted molar refractivity (Wildman–Crippen MR) is 97.8 cm³/mol. The first-order chi connectivity index (χ1) is 12.6. The Hall–Kier alpha value is -2.97. The van der Waals surface area contributed by atoms with Gasteiger partial charge in [0, 0.05) is 10.9 Å². The van der Waals surface area contributed by atoms with Crippen LogP contribution in [0.5, 0.6) is 0 Å². The Morgan fingerprint density at radius 2 is 2.00 bits per heavy atom. The van der Waals surface area contributed by atoms with Gasteiger partial charge < -0.3 is 14.8 Å². The lowest BCUT2D eigenvalue weighted by atomic mass is 10.2. The number of nitrogens with one attached hydrogen (secondary N) is 2. The largest absolute Gasteiger partial charge is 0.481 e. The van der Waals surface area contributed by atoms with E-state index in [9.17, 15) is 9.59 Å². The fraction of sp³-hybridized carbons (Fsp3) is 0.167. The zero-order valence-electron chi connectivity index (χ0n) is 13.7. The monoisotopic (exact) mass is 371 g/mol. The Morgan fingerprint density at radius 1 is 1.19 bits per heavy atom. The summed E-state index contributed by atoms with van der Waals surface area (Å²) in [7, 11) is 0. The average Bonchev–Trinajstić information content (AvgIpc) is 3.31. The molecule has 0 fully saturated rings. The number of hydrogen-bond donors (Lipinski definition) is 3. The zero-order valence-corrected chi connectivity index (χ0v) is 14.5. The molecule has 0 saturated carbocycles. The minimum atomic E-state index is -1.07. The van der Waals surface area contributed by atoms with Crippen LogP contribution in [0.4, 0.5) is 5.13 Å². The second-order valence-electron chi connectivity index (χ2n) is 5.50. The number of carboxylic acid groups (broad SMARTS) is 1. The summed E-state index contributed by atoms with van der Waals surface area (Å²) in [6, 6.07) is 12.2. The van der Waals surface area contributed by atoms with Crippen molar-refractivity contribution >= 4 is 28.3 Å². The Kier molecular flexibility index (Phi) is 5.77. The molecule has 1 amide bonds. The lowest BCUT2D eigenvalue weighted by molar-refractivity contribution is -0.139. The number of rotatable bonds is 8. The average molecular weight is 371 g/mol. The highest BCUT2D eigenvalue weighted by Crippen LogP contribution is 2.24. The van der Waals surface area contributed by atoms with Crippen molar-refractivity contribution in [3.8, 4) is 11.3 Å². The number of aliphatic carboxylic acids is 1. The fourth-order valence-electron chi connectivity index (χ4n) is 2.33. The van der Waals surface area contributed by atoms with Crippen molar-refractivity contribution in [2.24, 2.45) is 0 Å². The van der Waals surface area contributed by atoms with Crippen LogP contribution in [-0.4, -0.2) is 28.0 Å². The number of benzene rings is 1. The minimum absolute atomic E-state index is 0.255. The van der Waals surface area contributed by atoms with Crippen molar-refractivity contribution in [2.45, 2.75) is 19.0 Å². The molecule has 3 aromatic rings. The van der Waals surface area contributed by atoms with Crippen LogP contribution in [0.25, 0.3) is 11.3 Å². The molecule has 0 aliphatic carbocycles. The van der Waals surface area contributed by atoms with Gasteiger partial charge in [-0.15, -0.1) is 11.3 Å². The van der Waals surface area contributed by atoms with Crippen LogP contribution in [-0.2, 0) is 16.1 Å². The smallest absolute Gasteiger partial charge is 0.305 e. The molecule has 0 saturated heterocycles. The standard InChI is InChI=1S/C18H17N3O4S/c22-16(23)9-14(19-10-13-7-4-8-25-13)17(24)21-18-20-15(11-26-18)12-5-2-1-3-6-12/h1-8,11,14,19H,9-10H2,(H,22,23)(H,20,21,24). The van der Waals surface area contributed by atoms with Gasteiger partial charge in [0.2, 0.25) is 5.91 Å². The Labute approximate surface area is 153 Å². The van der Waals surface area contributed by atoms with Crippen molar-refractivity contribution in [3.05, 3.63) is 59.9 Å². The highest BCUT2D eigenvalue weighted by molar-refractivity contribution is 7.14. The molecule has 3 N–H and O–H groups in total. The van der Waals surface area contributed by atoms with E-state index in [1.807, 2.05) is 35.7 Å². The minimum Gasteiger partial charge on any atom is -0.481 e. The first-order valence-electron chi connectivity index (χ1n) is 7.91. The van der Waals surface area contributed by atoms with Crippen LogP contribution >= 0.6 is 11.3 Å². The highest BCUT2D eigenvalue weighted by Gasteiger charge is 2.22. The predicted octanol–water partition coefficient (Wildman–Crippen LogP) is 2.97. The SMILES string of the molecule is O=C(O)CC(NCc1ccco1)C(=O)Nc1nc(-c2ccccc2)cs1. The van der Waals surface area contributed by atoms with E-state index in [1.165, 1.54) is 17.6 Å².